The Labute approximate surface area is 70.8 Å². The van der Waals surface area contributed by atoms with Crippen LogP contribution in [-0.2, 0) is 0 Å². The van der Waals surface area contributed by atoms with Gasteiger partial charge in [-0.1, -0.05) is 33.1 Å². The summed E-state index contributed by atoms with van der Waals surface area (Å²) in [5.41, 5.74) is -0.479. The Kier molecular flexibility index (Phi) is 4.74. The molecule has 0 bridgehead atoms. The van der Waals surface area contributed by atoms with Crippen LogP contribution in [0.2, 0.25) is 0 Å². The van der Waals surface area contributed by atoms with Crippen LogP contribution in [0.3, 0.4) is 0 Å². The van der Waals surface area contributed by atoms with E-state index in [0.29, 0.717) is 5.92 Å². The Balaban J connectivity index is 3.44. The van der Waals surface area contributed by atoms with Gasteiger partial charge in [0.1, 0.15) is 0 Å². The first-order chi connectivity index (χ1) is 4.95. The summed E-state index contributed by atoms with van der Waals surface area (Å²) in [6, 6.07) is 0. The zero-order chi connectivity index (χ0) is 8.91. The highest BCUT2D eigenvalue weighted by Gasteiger charge is 2.16. The summed E-state index contributed by atoms with van der Waals surface area (Å²) in [5, 5.41) is 9.49. The molecule has 1 unspecified atom stereocenters. The second kappa shape index (κ2) is 4.76. The monoisotopic (exact) mass is 158 g/mol. The van der Waals surface area contributed by atoms with E-state index in [9.17, 15) is 5.11 Å². The molecule has 1 nitrogen and oxygen atoms in total. The highest BCUT2D eigenvalue weighted by molar-refractivity contribution is 4.68. The van der Waals surface area contributed by atoms with Crippen molar-refractivity contribution in [3.63, 3.8) is 0 Å². The second-order valence-corrected chi connectivity index (χ2v) is 4.26. The molecule has 0 aromatic heterocycles. The van der Waals surface area contributed by atoms with E-state index in [2.05, 4.69) is 13.8 Å². The molecule has 68 valence electrons. The van der Waals surface area contributed by atoms with E-state index in [0.717, 1.165) is 6.42 Å². The predicted molar refractivity (Wildman–Crippen MR) is 49.6 cm³/mol. The summed E-state index contributed by atoms with van der Waals surface area (Å²) in [4.78, 5) is 0. The van der Waals surface area contributed by atoms with Crippen LogP contribution in [0.4, 0.5) is 0 Å². The van der Waals surface area contributed by atoms with E-state index in [1.807, 2.05) is 13.8 Å². The van der Waals surface area contributed by atoms with Gasteiger partial charge in [-0.05, 0) is 26.2 Å². The highest BCUT2D eigenvalue weighted by atomic mass is 16.3. The molecular weight excluding hydrogens is 136 g/mol. The van der Waals surface area contributed by atoms with Crippen LogP contribution in [0, 0.1) is 5.92 Å². The Morgan fingerprint density at radius 3 is 2.27 bits per heavy atom. The molecule has 11 heavy (non-hydrogen) atoms. The lowest BCUT2D eigenvalue weighted by atomic mass is 9.91. The summed E-state index contributed by atoms with van der Waals surface area (Å²) >= 11 is 0. The van der Waals surface area contributed by atoms with Gasteiger partial charge in [0.05, 0.1) is 5.60 Å². The van der Waals surface area contributed by atoms with Gasteiger partial charge in [0, 0.05) is 0 Å². The normalized spacial score (nSPS) is 15.0. The first kappa shape index (κ1) is 11.0. The van der Waals surface area contributed by atoms with E-state index in [1.54, 1.807) is 0 Å². The standard InChI is InChI=1S/C10H22O/c1-5-6-7-9(2)8-10(3,4)11/h9,11H,5-8H2,1-4H3. The second-order valence-electron chi connectivity index (χ2n) is 4.26. The van der Waals surface area contributed by atoms with Crippen molar-refractivity contribution >= 4 is 0 Å². The van der Waals surface area contributed by atoms with E-state index < -0.39 is 5.60 Å². The van der Waals surface area contributed by atoms with Crippen LogP contribution < -0.4 is 0 Å². The van der Waals surface area contributed by atoms with Gasteiger partial charge < -0.3 is 5.11 Å². The van der Waals surface area contributed by atoms with Crippen LogP contribution in [0.1, 0.15) is 53.4 Å². The molecule has 0 saturated carbocycles. The number of hydrogen-bond donors (Lipinski definition) is 1. The summed E-state index contributed by atoms with van der Waals surface area (Å²) < 4.78 is 0. The summed E-state index contributed by atoms with van der Waals surface area (Å²) in [7, 11) is 0. The SMILES string of the molecule is CCCCC(C)CC(C)(C)O. The topological polar surface area (TPSA) is 20.2 Å². The number of rotatable bonds is 5. The molecule has 0 aliphatic carbocycles. The van der Waals surface area contributed by atoms with Gasteiger partial charge in [0.15, 0.2) is 0 Å². The van der Waals surface area contributed by atoms with Gasteiger partial charge in [-0.15, -0.1) is 0 Å². The van der Waals surface area contributed by atoms with E-state index >= 15 is 0 Å². The van der Waals surface area contributed by atoms with Crippen molar-refractivity contribution in [2.75, 3.05) is 0 Å². The molecule has 0 radical (unpaired) electrons. The van der Waals surface area contributed by atoms with Crippen molar-refractivity contribution in [3.05, 3.63) is 0 Å². The maximum absolute atomic E-state index is 9.49. The van der Waals surface area contributed by atoms with Crippen LogP contribution in [0.25, 0.3) is 0 Å². The molecule has 0 aliphatic heterocycles. The van der Waals surface area contributed by atoms with Crippen LogP contribution in [0.15, 0.2) is 0 Å². The minimum atomic E-state index is -0.479. The molecule has 0 amide bonds. The predicted octanol–water partition coefficient (Wildman–Crippen LogP) is 2.97. The highest BCUT2D eigenvalue weighted by Crippen LogP contribution is 2.19. The fourth-order valence-corrected chi connectivity index (χ4v) is 1.51. The maximum Gasteiger partial charge on any atom is 0.0594 e. The van der Waals surface area contributed by atoms with Gasteiger partial charge in [0.2, 0.25) is 0 Å². The minimum absolute atomic E-state index is 0.479. The molecule has 0 heterocycles. The van der Waals surface area contributed by atoms with E-state index in [-0.39, 0.29) is 0 Å². The Hall–Kier alpha value is -0.0400. The third-order valence-corrected chi connectivity index (χ3v) is 1.90. The Morgan fingerprint density at radius 1 is 1.36 bits per heavy atom. The zero-order valence-corrected chi connectivity index (χ0v) is 8.35. The van der Waals surface area contributed by atoms with E-state index in [4.69, 9.17) is 0 Å². The van der Waals surface area contributed by atoms with Crippen molar-refractivity contribution in [2.24, 2.45) is 5.92 Å². The molecule has 0 aliphatic rings. The summed E-state index contributed by atoms with van der Waals surface area (Å²) in [6.07, 6.45) is 4.72. The first-order valence-corrected chi connectivity index (χ1v) is 4.68. The van der Waals surface area contributed by atoms with E-state index in [1.165, 1.54) is 19.3 Å². The molecule has 0 saturated heterocycles. The maximum atomic E-state index is 9.49. The van der Waals surface area contributed by atoms with Crippen molar-refractivity contribution < 1.29 is 5.11 Å². The van der Waals surface area contributed by atoms with Crippen LogP contribution in [0.5, 0.6) is 0 Å². The Bertz CT molecular complexity index is 91.5. The molecule has 1 atom stereocenters. The molecule has 0 aromatic rings. The summed E-state index contributed by atoms with van der Waals surface area (Å²) in [6.45, 7) is 8.19. The molecular formula is C10H22O. The lowest BCUT2D eigenvalue weighted by Gasteiger charge is -2.21. The van der Waals surface area contributed by atoms with Gasteiger partial charge in [0.25, 0.3) is 0 Å². The smallest absolute Gasteiger partial charge is 0.0594 e. The fourth-order valence-electron chi connectivity index (χ4n) is 1.51. The molecule has 0 rings (SSSR count). The van der Waals surface area contributed by atoms with Crippen molar-refractivity contribution in [1.29, 1.82) is 0 Å². The average molecular weight is 158 g/mol. The minimum Gasteiger partial charge on any atom is -0.390 e. The van der Waals surface area contributed by atoms with Crippen LogP contribution in [-0.4, -0.2) is 10.7 Å². The molecule has 0 spiro atoms. The zero-order valence-electron chi connectivity index (χ0n) is 8.35. The third-order valence-electron chi connectivity index (χ3n) is 1.90. The largest absolute Gasteiger partial charge is 0.390 e. The molecule has 0 aromatic carbocycles. The first-order valence-electron chi connectivity index (χ1n) is 4.68. The fraction of sp³-hybridized carbons (Fsp3) is 1.00. The average Bonchev–Trinajstić information content (AvgIpc) is 1.79. The Morgan fingerprint density at radius 2 is 1.91 bits per heavy atom. The van der Waals surface area contributed by atoms with Gasteiger partial charge in [-0.25, -0.2) is 0 Å². The van der Waals surface area contributed by atoms with Crippen molar-refractivity contribution in [1.82, 2.24) is 0 Å². The summed E-state index contributed by atoms with van der Waals surface area (Å²) in [5.74, 6) is 0.662. The molecule has 0 fully saturated rings. The number of aliphatic hydroxyl groups is 1. The van der Waals surface area contributed by atoms with Gasteiger partial charge in [-0.2, -0.15) is 0 Å². The van der Waals surface area contributed by atoms with Gasteiger partial charge >= 0.3 is 0 Å². The lowest BCUT2D eigenvalue weighted by Crippen LogP contribution is -2.21. The van der Waals surface area contributed by atoms with Gasteiger partial charge in [-0.3, -0.25) is 0 Å². The van der Waals surface area contributed by atoms with Crippen molar-refractivity contribution in [2.45, 2.75) is 59.0 Å². The molecule has 1 heteroatoms. The third kappa shape index (κ3) is 7.86. The lowest BCUT2D eigenvalue weighted by molar-refractivity contribution is 0.0536. The number of unbranched alkanes of at least 4 members (excludes halogenated alkanes) is 1. The van der Waals surface area contributed by atoms with Crippen LogP contribution >= 0.6 is 0 Å². The van der Waals surface area contributed by atoms with Crippen molar-refractivity contribution in [3.8, 4) is 0 Å². The number of hydrogen-bond acceptors (Lipinski definition) is 1. The quantitative estimate of drug-likeness (QED) is 0.652. The molecule has 1 N–H and O–H groups in total.